The molecule has 0 radical (unpaired) electrons. The molecule has 1 aliphatic rings. The van der Waals surface area contributed by atoms with Crippen LogP contribution >= 0.6 is 27.5 Å². The van der Waals surface area contributed by atoms with Gasteiger partial charge in [-0.2, -0.15) is 0 Å². The van der Waals surface area contributed by atoms with Gasteiger partial charge in [-0.1, -0.05) is 47.8 Å². The molecule has 1 aromatic carbocycles. The average Bonchev–Trinajstić information content (AvgIpc) is 2.42. The SMILES string of the molecule is CCCC1CN(c2cc(Br)ccc2Cl)C(CC)CN1. The molecular formula is C15H22BrClN2. The highest BCUT2D eigenvalue weighted by Crippen LogP contribution is 2.32. The Morgan fingerprint density at radius 3 is 2.89 bits per heavy atom. The van der Waals surface area contributed by atoms with Crippen LogP contribution in [0.5, 0.6) is 0 Å². The summed E-state index contributed by atoms with van der Waals surface area (Å²) in [6.45, 7) is 6.57. The first-order valence-corrected chi connectivity index (χ1v) is 8.27. The summed E-state index contributed by atoms with van der Waals surface area (Å²) in [7, 11) is 0. The van der Waals surface area contributed by atoms with Gasteiger partial charge in [-0.3, -0.25) is 0 Å². The van der Waals surface area contributed by atoms with Crippen molar-refractivity contribution in [1.29, 1.82) is 0 Å². The zero-order valence-electron chi connectivity index (χ0n) is 11.6. The predicted molar refractivity (Wildman–Crippen MR) is 87.3 cm³/mol. The number of nitrogens with zero attached hydrogens (tertiary/aromatic N) is 1. The Balaban J connectivity index is 2.24. The molecule has 2 unspecified atom stereocenters. The number of anilines is 1. The van der Waals surface area contributed by atoms with Crippen LogP contribution in [0.15, 0.2) is 22.7 Å². The van der Waals surface area contributed by atoms with Gasteiger partial charge < -0.3 is 10.2 Å². The lowest BCUT2D eigenvalue weighted by molar-refractivity contribution is 0.369. The van der Waals surface area contributed by atoms with Crippen LogP contribution in [0.2, 0.25) is 5.02 Å². The van der Waals surface area contributed by atoms with E-state index in [1.54, 1.807) is 0 Å². The van der Waals surface area contributed by atoms with Gasteiger partial charge in [0.15, 0.2) is 0 Å². The van der Waals surface area contributed by atoms with E-state index in [2.05, 4.69) is 46.1 Å². The third-order valence-corrected chi connectivity index (χ3v) is 4.64. The Labute approximate surface area is 129 Å². The van der Waals surface area contributed by atoms with Gasteiger partial charge in [-0.15, -0.1) is 0 Å². The van der Waals surface area contributed by atoms with E-state index >= 15 is 0 Å². The van der Waals surface area contributed by atoms with Crippen molar-refractivity contribution in [3.8, 4) is 0 Å². The molecule has 0 amide bonds. The molecule has 106 valence electrons. The number of piperazine rings is 1. The molecule has 0 aromatic heterocycles. The predicted octanol–water partition coefficient (Wildman–Crippen LogP) is 4.46. The minimum absolute atomic E-state index is 0.528. The summed E-state index contributed by atoms with van der Waals surface area (Å²) in [6.07, 6.45) is 3.57. The molecule has 1 aromatic rings. The lowest BCUT2D eigenvalue weighted by atomic mass is 10.0. The molecule has 0 bridgehead atoms. The van der Waals surface area contributed by atoms with Crippen LogP contribution < -0.4 is 10.2 Å². The van der Waals surface area contributed by atoms with E-state index in [9.17, 15) is 0 Å². The Morgan fingerprint density at radius 2 is 2.21 bits per heavy atom. The van der Waals surface area contributed by atoms with Gasteiger partial charge in [0.05, 0.1) is 10.7 Å². The number of hydrogen-bond donors (Lipinski definition) is 1. The lowest BCUT2D eigenvalue weighted by Gasteiger charge is -2.42. The standard InChI is InChI=1S/C15H22BrClN2/c1-3-5-12-10-19(13(4-2)9-18-12)15-8-11(16)6-7-14(15)17/h6-8,12-13,18H,3-5,9-10H2,1-2H3. The highest BCUT2D eigenvalue weighted by molar-refractivity contribution is 9.10. The number of nitrogens with one attached hydrogen (secondary N) is 1. The van der Waals surface area contributed by atoms with Crippen LogP contribution in [0, 0.1) is 0 Å². The Hall–Kier alpha value is -0.250. The number of hydrogen-bond acceptors (Lipinski definition) is 2. The van der Waals surface area contributed by atoms with Crippen molar-refractivity contribution >= 4 is 33.2 Å². The molecule has 1 N–H and O–H groups in total. The van der Waals surface area contributed by atoms with Gasteiger partial charge in [0.2, 0.25) is 0 Å². The molecule has 4 heteroatoms. The number of halogens is 2. The van der Waals surface area contributed by atoms with E-state index in [4.69, 9.17) is 11.6 Å². The molecule has 1 heterocycles. The summed E-state index contributed by atoms with van der Waals surface area (Å²) in [5, 5.41) is 4.50. The van der Waals surface area contributed by atoms with Crippen LogP contribution in [0.1, 0.15) is 33.1 Å². The quantitative estimate of drug-likeness (QED) is 0.866. The van der Waals surface area contributed by atoms with Gasteiger partial charge in [0, 0.05) is 29.6 Å². The molecule has 1 saturated heterocycles. The molecule has 2 atom stereocenters. The summed E-state index contributed by atoms with van der Waals surface area (Å²) >= 11 is 9.94. The first-order valence-electron chi connectivity index (χ1n) is 7.10. The Bertz CT molecular complexity index is 425. The monoisotopic (exact) mass is 344 g/mol. The molecule has 19 heavy (non-hydrogen) atoms. The molecule has 0 aliphatic carbocycles. The Kier molecular flexibility index (Phi) is 5.55. The zero-order chi connectivity index (χ0) is 13.8. The number of benzene rings is 1. The molecule has 2 rings (SSSR count). The first-order chi connectivity index (χ1) is 9.15. The van der Waals surface area contributed by atoms with Crippen molar-refractivity contribution < 1.29 is 0 Å². The molecule has 0 saturated carbocycles. The lowest BCUT2D eigenvalue weighted by Crippen LogP contribution is -2.56. The first kappa shape index (κ1) is 15.1. The van der Waals surface area contributed by atoms with Gasteiger partial charge in [0.25, 0.3) is 0 Å². The second-order valence-corrected chi connectivity index (χ2v) is 6.53. The zero-order valence-corrected chi connectivity index (χ0v) is 14.0. The van der Waals surface area contributed by atoms with Gasteiger partial charge in [0.1, 0.15) is 0 Å². The fourth-order valence-corrected chi connectivity index (χ4v) is 3.35. The summed E-state index contributed by atoms with van der Waals surface area (Å²) in [6, 6.07) is 7.21. The fourth-order valence-electron chi connectivity index (χ4n) is 2.77. The van der Waals surface area contributed by atoms with E-state index in [-0.39, 0.29) is 0 Å². The summed E-state index contributed by atoms with van der Waals surface area (Å²) < 4.78 is 1.09. The highest BCUT2D eigenvalue weighted by Gasteiger charge is 2.27. The average molecular weight is 346 g/mol. The molecule has 0 spiro atoms. The molecular weight excluding hydrogens is 324 g/mol. The van der Waals surface area contributed by atoms with E-state index in [0.29, 0.717) is 12.1 Å². The van der Waals surface area contributed by atoms with Crippen molar-refractivity contribution in [1.82, 2.24) is 5.32 Å². The summed E-state index contributed by atoms with van der Waals surface area (Å²) in [4.78, 5) is 2.48. The van der Waals surface area contributed by atoms with Gasteiger partial charge in [-0.05, 0) is 31.0 Å². The summed E-state index contributed by atoms with van der Waals surface area (Å²) in [5.41, 5.74) is 1.16. The van der Waals surface area contributed by atoms with E-state index in [1.165, 1.54) is 12.8 Å². The third kappa shape index (κ3) is 3.65. The van der Waals surface area contributed by atoms with Crippen molar-refractivity contribution in [3.05, 3.63) is 27.7 Å². The topological polar surface area (TPSA) is 15.3 Å². The smallest absolute Gasteiger partial charge is 0.0640 e. The maximum absolute atomic E-state index is 6.39. The number of rotatable bonds is 4. The highest BCUT2D eigenvalue weighted by atomic mass is 79.9. The van der Waals surface area contributed by atoms with Gasteiger partial charge >= 0.3 is 0 Å². The molecule has 1 aliphatic heterocycles. The van der Waals surface area contributed by atoms with Crippen molar-refractivity contribution in [2.75, 3.05) is 18.0 Å². The largest absolute Gasteiger partial charge is 0.364 e. The minimum Gasteiger partial charge on any atom is -0.364 e. The van der Waals surface area contributed by atoms with Crippen LogP contribution in [0.3, 0.4) is 0 Å². The van der Waals surface area contributed by atoms with Gasteiger partial charge in [-0.25, -0.2) is 0 Å². The molecule has 1 fully saturated rings. The fraction of sp³-hybridized carbons (Fsp3) is 0.600. The van der Waals surface area contributed by atoms with Crippen molar-refractivity contribution in [2.24, 2.45) is 0 Å². The van der Waals surface area contributed by atoms with Crippen molar-refractivity contribution in [3.63, 3.8) is 0 Å². The maximum atomic E-state index is 6.39. The van der Waals surface area contributed by atoms with Crippen molar-refractivity contribution in [2.45, 2.75) is 45.2 Å². The van der Waals surface area contributed by atoms with E-state index < -0.39 is 0 Å². The van der Waals surface area contributed by atoms with Crippen LogP contribution in [0.4, 0.5) is 5.69 Å². The van der Waals surface area contributed by atoms with E-state index in [1.807, 2.05) is 12.1 Å². The second-order valence-electron chi connectivity index (χ2n) is 5.20. The molecule has 2 nitrogen and oxygen atoms in total. The maximum Gasteiger partial charge on any atom is 0.0640 e. The van der Waals surface area contributed by atoms with Crippen LogP contribution in [-0.4, -0.2) is 25.2 Å². The minimum atomic E-state index is 0.528. The normalized spacial score (nSPS) is 23.7. The van der Waals surface area contributed by atoms with Crippen LogP contribution in [0.25, 0.3) is 0 Å². The summed E-state index contributed by atoms with van der Waals surface area (Å²) in [5.74, 6) is 0. The third-order valence-electron chi connectivity index (χ3n) is 3.83. The van der Waals surface area contributed by atoms with E-state index in [0.717, 1.165) is 34.7 Å². The second kappa shape index (κ2) is 6.96. The van der Waals surface area contributed by atoms with Crippen LogP contribution in [-0.2, 0) is 0 Å². The Morgan fingerprint density at radius 1 is 1.42 bits per heavy atom.